The molecule has 3 nitrogen and oxygen atoms in total. The first-order valence-electron chi connectivity index (χ1n) is 7.06. The van der Waals surface area contributed by atoms with Gasteiger partial charge in [0, 0.05) is 6.54 Å². The van der Waals surface area contributed by atoms with Gasteiger partial charge in [-0.2, -0.15) is 0 Å². The number of nitrogens with two attached hydrogens (primary N) is 1. The Hall–Kier alpha value is -0.640. The van der Waals surface area contributed by atoms with Crippen LogP contribution in [0.3, 0.4) is 0 Å². The lowest BCUT2D eigenvalue weighted by atomic mass is 9.81. The van der Waals surface area contributed by atoms with Crippen LogP contribution >= 0.6 is 12.2 Å². The topological polar surface area (TPSA) is 55.1 Å². The Bertz CT molecular complexity index is 313. The van der Waals surface area contributed by atoms with E-state index in [1.54, 1.807) is 0 Å². The van der Waals surface area contributed by atoms with E-state index in [-0.39, 0.29) is 5.91 Å². The monoisotopic (exact) mass is 270 g/mol. The summed E-state index contributed by atoms with van der Waals surface area (Å²) in [5.74, 6) is 1.35. The van der Waals surface area contributed by atoms with E-state index in [0.717, 1.165) is 6.54 Å². The van der Waals surface area contributed by atoms with Crippen LogP contribution < -0.4 is 11.1 Å². The van der Waals surface area contributed by atoms with Gasteiger partial charge in [0.05, 0.1) is 10.4 Å². The molecule has 4 heteroatoms. The lowest BCUT2D eigenvalue weighted by Crippen LogP contribution is -2.49. The number of hydrogen-bond acceptors (Lipinski definition) is 2. The number of carbonyl (C=O) groups excluding carboxylic acids is 1. The van der Waals surface area contributed by atoms with Crippen molar-refractivity contribution in [3.63, 3.8) is 0 Å². The van der Waals surface area contributed by atoms with Crippen LogP contribution in [0.25, 0.3) is 0 Å². The number of amides is 1. The van der Waals surface area contributed by atoms with E-state index in [2.05, 4.69) is 12.2 Å². The Balaban J connectivity index is 2.60. The normalized spacial score (nSPS) is 23.9. The van der Waals surface area contributed by atoms with Crippen molar-refractivity contribution in [2.45, 2.75) is 52.9 Å². The minimum absolute atomic E-state index is 0.0131. The highest BCUT2D eigenvalue weighted by Crippen LogP contribution is 2.31. The predicted molar refractivity (Wildman–Crippen MR) is 79.3 cm³/mol. The van der Waals surface area contributed by atoms with Crippen LogP contribution in [0.5, 0.6) is 0 Å². The van der Waals surface area contributed by atoms with Crippen LogP contribution in [-0.4, -0.2) is 17.4 Å². The molecule has 0 aromatic rings. The molecule has 0 radical (unpaired) electrons. The molecule has 0 aliphatic heterocycles. The molecule has 1 aliphatic rings. The molecule has 3 N–H and O–H groups in total. The first-order chi connectivity index (χ1) is 8.47. The standard InChI is InChI=1S/C14H26N2OS/c1-4-14(5-2,12(15)18)13(17)16-9-11-8-6-7-10(11)3/h10-11H,4-9H2,1-3H3,(H2,15,18)(H,16,17). The molecule has 2 unspecified atom stereocenters. The second-order valence-corrected chi connectivity index (χ2v) is 5.97. The van der Waals surface area contributed by atoms with Crippen LogP contribution in [0, 0.1) is 17.3 Å². The lowest BCUT2D eigenvalue weighted by Gasteiger charge is -2.30. The van der Waals surface area contributed by atoms with Gasteiger partial charge in [-0.15, -0.1) is 0 Å². The van der Waals surface area contributed by atoms with Gasteiger partial charge in [0.15, 0.2) is 0 Å². The third-order valence-electron chi connectivity index (χ3n) is 4.68. The third-order valence-corrected chi connectivity index (χ3v) is 5.07. The summed E-state index contributed by atoms with van der Waals surface area (Å²) in [6.45, 7) is 6.98. The number of thiocarbonyl (C=S) groups is 1. The summed E-state index contributed by atoms with van der Waals surface area (Å²) < 4.78 is 0. The van der Waals surface area contributed by atoms with E-state index in [0.29, 0.717) is 29.7 Å². The molecule has 0 saturated heterocycles. The minimum Gasteiger partial charge on any atom is -0.392 e. The Morgan fingerprint density at radius 3 is 2.39 bits per heavy atom. The molecule has 0 spiro atoms. The third kappa shape index (κ3) is 3.02. The summed E-state index contributed by atoms with van der Waals surface area (Å²) in [6, 6.07) is 0. The van der Waals surface area contributed by atoms with Gasteiger partial charge in [0.25, 0.3) is 0 Å². The van der Waals surface area contributed by atoms with Crippen LogP contribution in [0.1, 0.15) is 52.9 Å². The summed E-state index contributed by atoms with van der Waals surface area (Å²) >= 11 is 5.09. The largest absolute Gasteiger partial charge is 0.392 e. The zero-order valence-electron chi connectivity index (χ0n) is 11.8. The number of nitrogens with one attached hydrogen (secondary N) is 1. The summed E-state index contributed by atoms with van der Waals surface area (Å²) in [7, 11) is 0. The van der Waals surface area contributed by atoms with E-state index >= 15 is 0 Å². The van der Waals surface area contributed by atoms with Crippen molar-refractivity contribution < 1.29 is 4.79 Å². The predicted octanol–water partition coefficient (Wildman–Crippen LogP) is 2.63. The fourth-order valence-corrected chi connectivity index (χ4v) is 3.33. The van der Waals surface area contributed by atoms with Crippen molar-refractivity contribution in [1.82, 2.24) is 5.32 Å². The minimum atomic E-state index is -0.656. The molecule has 104 valence electrons. The van der Waals surface area contributed by atoms with Gasteiger partial charge in [-0.25, -0.2) is 0 Å². The zero-order chi connectivity index (χ0) is 13.8. The lowest BCUT2D eigenvalue weighted by molar-refractivity contribution is -0.128. The van der Waals surface area contributed by atoms with Gasteiger partial charge in [0.1, 0.15) is 0 Å². The molecule has 1 amide bonds. The highest BCUT2D eigenvalue weighted by molar-refractivity contribution is 7.80. The maximum Gasteiger partial charge on any atom is 0.233 e. The van der Waals surface area contributed by atoms with Crippen LogP contribution in [-0.2, 0) is 4.79 Å². The first-order valence-corrected chi connectivity index (χ1v) is 7.47. The van der Waals surface area contributed by atoms with Crippen molar-refractivity contribution in [2.75, 3.05) is 6.54 Å². The zero-order valence-corrected chi connectivity index (χ0v) is 12.6. The highest BCUT2D eigenvalue weighted by atomic mass is 32.1. The summed E-state index contributed by atoms with van der Waals surface area (Å²) in [4.78, 5) is 12.7. The van der Waals surface area contributed by atoms with Gasteiger partial charge in [-0.3, -0.25) is 4.79 Å². The smallest absolute Gasteiger partial charge is 0.233 e. The Kier molecular flexibility index (Phi) is 5.57. The van der Waals surface area contributed by atoms with Gasteiger partial charge in [0.2, 0.25) is 5.91 Å². The molecule has 18 heavy (non-hydrogen) atoms. The molecule has 1 saturated carbocycles. The summed E-state index contributed by atoms with van der Waals surface area (Å²) in [5, 5.41) is 3.07. The fourth-order valence-electron chi connectivity index (χ4n) is 2.95. The van der Waals surface area contributed by atoms with Crippen LogP contribution in [0.4, 0.5) is 0 Å². The van der Waals surface area contributed by atoms with Crippen LogP contribution in [0.2, 0.25) is 0 Å². The average molecular weight is 270 g/mol. The summed E-state index contributed by atoms with van der Waals surface area (Å²) in [5.41, 5.74) is 5.12. The molecule has 0 heterocycles. The fraction of sp³-hybridized carbons (Fsp3) is 0.857. The van der Waals surface area contributed by atoms with Crippen molar-refractivity contribution in [3.8, 4) is 0 Å². The molecule has 2 atom stereocenters. The molecule has 1 fully saturated rings. The molecule has 1 rings (SSSR count). The molecular formula is C14H26N2OS. The number of rotatable bonds is 6. The highest BCUT2D eigenvalue weighted by Gasteiger charge is 2.38. The summed E-state index contributed by atoms with van der Waals surface area (Å²) in [6.07, 6.45) is 5.13. The SMILES string of the molecule is CCC(CC)(C(=O)NCC1CCCC1C)C(N)=S. The Morgan fingerprint density at radius 1 is 1.39 bits per heavy atom. The van der Waals surface area contributed by atoms with Gasteiger partial charge in [-0.05, 0) is 31.1 Å². The van der Waals surface area contributed by atoms with E-state index in [1.807, 2.05) is 13.8 Å². The van der Waals surface area contributed by atoms with E-state index < -0.39 is 5.41 Å². The van der Waals surface area contributed by atoms with E-state index in [4.69, 9.17) is 18.0 Å². The Morgan fingerprint density at radius 2 is 2.00 bits per heavy atom. The number of hydrogen-bond donors (Lipinski definition) is 2. The maximum absolute atomic E-state index is 12.4. The average Bonchev–Trinajstić information content (AvgIpc) is 2.74. The van der Waals surface area contributed by atoms with E-state index in [1.165, 1.54) is 19.3 Å². The first kappa shape index (κ1) is 15.4. The molecule has 0 aromatic carbocycles. The van der Waals surface area contributed by atoms with E-state index in [9.17, 15) is 4.79 Å². The molecule has 0 bridgehead atoms. The second kappa shape index (κ2) is 6.50. The molecular weight excluding hydrogens is 244 g/mol. The van der Waals surface area contributed by atoms with Crippen molar-refractivity contribution in [1.29, 1.82) is 0 Å². The van der Waals surface area contributed by atoms with Crippen molar-refractivity contribution in [2.24, 2.45) is 23.0 Å². The molecule has 1 aliphatic carbocycles. The number of carbonyl (C=O) groups is 1. The van der Waals surface area contributed by atoms with Gasteiger partial charge >= 0.3 is 0 Å². The van der Waals surface area contributed by atoms with Crippen molar-refractivity contribution in [3.05, 3.63) is 0 Å². The quantitative estimate of drug-likeness (QED) is 0.730. The van der Waals surface area contributed by atoms with Crippen LogP contribution in [0.15, 0.2) is 0 Å². The Labute approximate surface area is 116 Å². The molecule has 0 aromatic heterocycles. The van der Waals surface area contributed by atoms with Crippen molar-refractivity contribution >= 4 is 23.1 Å². The van der Waals surface area contributed by atoms with Gasteiger partial charge < -0.3 is 11.1 Å². The maximum atomic E-state index is 12.4. The second-order valence-electron chi connectivity index (χ2n) is 5.53. The van der Waals surface area contributed by atoms with Gasteiger partial charge in [-0.1, -0.05) is 45.8 Å².